The molecule has 1 atom stereocenters. The highest BCUT2D eigenvalue weighted by atomic mass is 127. The van der Waals surface area contributed by atoms with E-state index >= 15 is 0 Å². The summed E-state index contributed by atoms with van der Waals surface area (Å²) in [6, 6.07) is 13.6. The molecule has 0 saturated heterocycles. The molecule has 1 aliphatic rings. The Kier molecular flexibility index (Phi) is 10.6. The number of benzene rings is 2. The average Bonchev–Trinajstić information content (AvgIpc) is 3.02. The summed E-state index contributed by atoms with van der Waals surface area (Å²) < 4.78 is 11.5. The van der Waals surface area contributed by atoms with Crippen molar-refractivity contribution >= 4 is 47.2 Å². The maximum atomic E-state index is 12.2. The Hall–Kier alpha value is -2.49. The molecular weight excluding hydrogens is 519 g/mol. The van der Waals surface area contributed by atoms with Crippen LogP contribution in [0.1, 0.15) is 39.2 Å². The predicted octanol–water partition coefficient (Wildman–Crippen LogP) is 5.03. The van der Waals surface area contributed by atoms with Crippen LogP contribution in [0.25, 0.3) is 0 Å². The molecule has 1 aliphatic heterocycles. The van der Waals surface area contributed by atoms with Crippen LogP contribution in [0.15, 0.2) is 47.5 Å². The lowest BCUT2D eigenvalue weighted by Gasteiger charge is -2.14. The first-order chi connectivity index (χ1) is 15.1. The second-order valence-electron chi connectivity index (χ2n) is 7.53. The minimum atomic E-state index is -0.0125. The van der Waals surface area contributed by atoms with Crippen LogP contribution in [0, 0.1) is 5.92 Å². The molecule has 1 unspecified atom stereocenters. The quantitative estimate of drug-likeness (QED) is 0.255. The molecule has 8 heteroatoms. The van der Waals surface area contributed by atoms with Gasteiger partial charge in [0, 0.05) is 36.3 Å². The van der Waals surface area contributed by atoms with Gasteiger partial charge in [0.25, 0.3) is 0 Å². The summed E-state index contributed by atoms with van der Waals surface area (Å²) in [4.78, 5) is 16.8. The molecule has 0 aromatic heterocycles. The molecule has 1 amide bonds. The van der Waals surface area contributed by atoms with Gasteiger partial charge in [0.15, 0.2) is 17.5 Å². The topological polar surface area (TPSA) is 84.0 Å². The summed E-state index contributed by atoms with van der Waals surface area (Å²) in [5.74, 6) is 2.20. The van der Waals surface area contributed by atoms with Crippen LogP contribution >= 0.6 is 24.0 Å². The van der Waals surface area contributed by atoms with Crippen molar-refractivity contribution in [3.05, 3.63) is 48.0 Å². The largest absolute Gasteiger partial charge is 0.490 e. The Morgan fingerprint density at radius 1 is 1.03 bits per heavy atom. The van der Waals surface area contributed by atoms with E-state index in [-0.39, 0.29) is 35.8 Å². The van der Waals surface area contributed by atoms with E-state index in [0.717, 1.165) is 47.8 Å². The summed E-state index contributed by atoms with van der Waals surface area (Å²) >= 11 is 0. The Bertz CT molecular complexity index is 920. The zero-order valence-corrected chi connectivity index (χ0v) is 21.3. The summed E-state index contributed by atoms with van der Waals surface area (Å²) in [6.07, 6.45) is 1.69. The lowest BCUT2D eigenvalue weighted by Crippen LogP contribution is -2.30. The summed E-state index contributed by atoms with van der Waals surface area (Å²) in [7, 11) is 0. The van der Waals surface area contributed by atoms with Crippen molar-refractivity contribution in [1.29, 1.82) is 0 Å². The molecule has 0 fully saturated rings. The number of rotatable bonds is 7. The Morgan fingerprint density at radius 2 is 1.78 bits per heavy atom. The normalized spacial score (nSPS) is 13.9. The maximum absolute atomic E-state index is 12.2. The Labute approximate surface area is 207 Å². The number of halogens is 1. The number of nitrogens with one attached hydrogen (secondary N) is 3. The molecule has 2 aromatic rings. The highest BCUT2D eigenvalue weighted by Crippen LogP contribution is 2.32. The summed E-state index contributed by atoms with van der Waals surface area (Å²) in [6.45, 7) is 8.49. The number of fused-ring (bicyclic) bond motifs is 1. The highest BCUT2D eigenvalue weighted by Gasteiger charge is 2.12. The number of hydrogen-bond acceptors (Lipinski definition) is 4. The summed E-state index contributed by atoms with van der Waals surface area (Å²) in [5, 5.41) is 9.56. The van der Waals surface area contributed by atoms with Crippen LogP contribution in [0.4, 0.5) is 11.4 Å². The third kappa shape index (κ3) is 7.58. The van der Waals surface area contributed by atoms with Crippen molar-refractivity contribution in [2.45, 2.75) is 40.2 Å². The zero-order chi connectivity index (χ0) is 22.1. The van der Waals surface area contributed by atoms with Gasteiger partial charge in [-0.2, -0.15) is 0 Å². The number of aliphatic imine (C=N–C) groups is 1. The number of carbonyl (C=O) groups excluding carboxylic acids is 1. The molecular formula is C24H33IN4O3. The smallest absolute Gasteiger partial charge is 0.227 e. The van der Waals surface area contributed by atoms with Crippen LogP contribution in [0.2, 0.25) is 0 Å². The second kappa shape index (κ2) is 13.1. The van der Waals surface area contributed by atoms with Gasteiger partial charge in [-0.15, -0.1) is 24.0 Å². The highest BCUT2D eigenvalue weighted by molar-refractivity contribution is 14.0. The lowest BCUT2D eigenvalue weighted by atomic mass is 10.1. The van der Waals surface area contributed by atoms with E-state index in [4.69, 9.17) is 14.5 Å². The minimum absolute atomic E-state index is 0. The third-order valence-electron chi connectivity index (χ3n) is 5.03. The van der Waals surface area contributed by atoms with Gasteiger partial charge in [-0.05, 0) is 43.2 Å². The zero-order valence-electron chi connectivity index (χ0n) is 18.9. The van der Waals surface area contributed by atoms with Gasteiger partial charge in [0.1, 0.15) is 0 Å². The Morgan fingerprint density at radius 3 is 2.53 bits per heavy atom. The molecule has 3 rings (SSSR count). The predicted molar refractivity (Wildman–Crippen MR) is 140 cm³/mol. The fourth-order valence-corrected chi connectivity index (χ4v) is 3.05. The Balaban J connectivity index is 0.00000363. The van der Waals surface area contributed by atoms with Crippen molar-refractivity contribution in [3.63, 3.8) is 0 Å². The number of amides is 1. The summed E-state index contributed by atoms with van der Waals surface area (Å²) in [5.41, 5.74) is 2.68. The molecule has 7 nitrogen and oxygen atoms in total. The van der Waals surface area contributed by atoms with Gasteiger partial charge in [-0.1, -0.05) is 26.0 Å². The third-order valence-corrected chi connectivity index (χ3v) is 5.03. The van der Waals surface area contributed by atoms with Crippen molar-refractivity contribution < 1.29 is 14.3 Å². The maximum Gasteiger partial charge on any atom is 0.227 e. The van der Waals surface area contributed by atoms with Crippen LogP contribution in [-0.2, 0) is 11.3 Å². The number of hydrogen-bond donors (Lipinski definition) is 3. The van der Waals surface area contributed by atoms with Gasteiger partial charge >= 0.3 is 0 Å². The van der Waals surface area contributed by atoms with Crippen molar-refractivity contribution in [2.24, 2.45) is 10.9 Å². The minimum Gasteiger partial charge on any atom is -0.490 e. The average molecular weight is 552 g/mol. The van der Waals surface area contributed by atoms with E-state index in [9.17, 15) is 4.79 Å². The van der Waals surface area contributed by atoms with E-state index in [1.807, 2.05) is 63.2 Å². The van der Waals surface area contributed by atoms with Crippen LogP contribution in [-0.4, -0.2) is 31.6 Å². The van der Waals surface area contributed by atoms with Gasteiger partial charge in [-0.25, -0.2) is 4.99 Å². The van der Waals surface area contributed by atoms with Crippen molar-refractivity contribution in [1.82, 2.24) is 5.32 Å². The van der Waals surface area contributed by atoms with E-state index < -0.39 is 0 Å². The fraction of sp³-hybridized carbons (Fsp3) is 0.417. The standard InChI is InChI=1S/C24H32N4O3.HI/c1-4-17(3)23(29)27-19-9-6-8-18(14-19)16-26-24(25-5-2)28-20-10-11-21-22(15-20)31-13-7-12-30-21;/h6,8-11,14-15,17H,4-5,7,12-13,16H2,1-3H3,(H,27,29)(H2,25,26,28);1H. The van der Waals surface area contributed by atoms with E-state index in [1.54, 1.807) is 0 Å². The van der Waals surface area contributed by atoms with Crippen LogP contribution in [0.3, 0.4) is 0 Å². The molecule has 0 spiro atoms. The van der Waals surface area contributed by atoms with Gasteiger partial charge in [0.2, 0.25) is 5.91 Å². The van der Waals surface area contributed by atoms with Crippen LogP contribution < -0.4 is 25.4 Å². The molecule has 0 radical (unpaired) electrons. The lowest BCUT2D eigenvalue weighted by molar-refractivity contribution is -0.119. The van der Waals surface area contributed by atoms with Crippen LogP contribution in [0.5, 0.6) is 11.5 Å². The SMILES string of the molecule is CCNC(=NCc1cccc(NC(=O)C(C)CC)c1)Nc1ccc2c(c1)OCCCO2.I. The van der Waals surface area contributed by atoms with E-state index in [0.29, 0.717) is 25.7 Å². The molecule has 2 aromatic carbocycles. The fourth-order valence-electron chi connectivity index (χ4n) is 3.05. The second-order valence-corrected chi connectivity index (χ2v) is 7.53. The number of nitrogens with zero attached hydrogens (tertiary/aromatic N) is 1. The number of carbonyl (C=O) groups is 1. The first-order valence-electron chi connectivity index (χ1n) is 10.9. The van der Waals surface area contributed by atoms with Gasteiger partial charge in [-0.3, -0.25) is 4.79 Å². The van der Waals surface area contributed by atoms with Gasteiger partial charge < -0.3 is 25.4 Å². The van der Waals surface area contributed by atoms with E-state index in [1.165, 1.54) is 0 Å². The molecule has 0 saturated carbocycles. The first-order valence-corrected chi connectivity index (χ1v) is 10.9. The van der Waals surface area contributed by atoms with Crippen molar-refractivity contribution in [3.8, 4) is 11.5 Å². The number of anilines is 2. The van der Waals surface area contributed by atoms with E-state index in [2.05, 4.69) is 16.0 Å². The monoisotopic (exact) mass is 552 g/mol. The number of guanidine groups is 1. The van der Waals surface area contributed by atoms with Crippen molar-refractivity contribution in [2.75, 3.05) is 30.4 Å². The molecule has 1 heterocycles. The molecule has 0 bridgehead atoms. The first kappa shape index (κ1) is 25.8. The molecule has 0 aliphatic carbocycles. The molecule has 32 heavy (non-hydrogen) atoms. The number of ether oxygens (including phenoxy) is 2. The molecule has 3 N–H and O–H groups in total. The van der Waals surface area contributed by atoms with Gasteiger partial charge in [0.05, 0.1) is 19.8 Å². The molecule has 174 valence electrons.